The molecule has 0 fully saturated rings. The average Bonchev–Trinajstić information content (AvgIpc) is 2.21. The van der Waals surface area contributed by atoms with E-state index < -0.39 is 0 Å². The molecule has 0 heterocycles. The standard InChI is InChI=1S/C11H15ClN2O2/c1-7(13)4-5-14-11(16)9-6-8(15)2-3-10(9)12/h2-3,6-7,15H,4-5,13H2,1H3,(H,14,16). The number of benzene rings is 1. The van der Waals surface area contributed by atoms with E-state index in [1.807, 2.05) is 6.92 Å². The highest BCUT2D eigenvalue weighted by atomic mass is 35.5. The molecule has 1 aromatic carbocycles. The Labute approximate surface area is 99.4 Å². The second-order valence-electron chi connectivity index (χ2n) is 3.69. The average molecular weight is 243 g/mol. The first-order chi connectivity index (χ1) is 7.50. The van der Waals surface area contributed by atoms with E-state index in [4.69, 9.17) is 17.3 Å². The molecule has 0 spiro atoms. The molecule has 0 saturated heterocycles. The van der Waals surface area contributed by atoms with Crippen molar-refractivity contribution in [1.82, 2.24) is 5.32 Å². The van der Waals surface area contributed by atoms with Gasteiger partial charge in [0.1, 0.15) is 5.75 Å². The van der Waals surface area contributed by atoms with Crippen LogP contribution in [-0.4, -0.2) is 23.6 Å². The number of nitrogens with two attached hydrogens (primary N) is 1. The summed E-state index contributed by atoms with van der Waals surface area (Å²) >= 11 is 5.84. The molecule has 0 aliphatic rings. The molecular formula is C11H15ClN2O2. The zero-order valence-corrected chi connectivity index (χ0v) is 9.79. The highest BCUT2D eigenvalue weighted by molar-refractivity contribution is 6.33. The van der Waals surface area contributed by atoms with E-state index in [1.165, 1.54) is 18.2 Å². The van der Waals surface area contributed by atoms with Crippen LogP contribution in [0.1, 0.15) is 23.7 Å². The van der Waals surface area contributed by atoms with Crippen molar-refractivity contribution in [2.75, 3.05) is 6.54 Å². The van der Waals surface area contributed by atoms with Crippen molar-refractivity contribution >= 4 is 17.5 Å². The van der Waals surface area contributed by atoms with Gasteiger partial charge in [-0.05, 0) is 31.5 Å². The molecule has 0 radical (unpaired) electrons. The number of amides is 1. The fourth-order valence-corrected chi connectivity index (χ4v) is 1.40. The van der Waals surface area contributed by atoms with Crippen molar-refractivity contribution < 1.29 is 9.90 Å². The van der Waals surface area contributed by atoms with E-state index in [0.717, 1.165) is 0 Å². The summed E-state index contributed by atoms with van der Waals surface area (Å²) in [6, 6.07) is 4.29. The highest BCUT2D eigenvalue weighted by Gasteiger charge is 2.10. The van der Waals surface area contributed by atoms with Gasteiger partial charge in [0.05, 0.1) is 10.6 Å². The van der Waals surface area contributed by atoms with Crippen LogP contribution in [0.5, 0.6) is 5.75 Å². The Balaban J connectivity index is 2.62. The van der Waals surface area contributed by atoms with Crippen molar-refractivity contribution in [3.63, 3.8) is 0 Å². The smallest absolute Gasteiger partial charge is 0.252 e. The van der Waals surface area contributed by atoms with Crippen molar-refractivity contribution in [3.05, 3.63) is 28.8 Å². The minimum atomic E-state index is -0.304. The quantitative estimate of drug-likeness (QED) is 0.749. The predicted octanol–water partition coefficient (Wildman–Crippen LogP) is 1.51. The molecule has 1 aromatic rings. The molecule has 0 aliphatic heterocycles. The Morgan fingerprint density at radius 3 is 2.94 bits per heavy atom. The summed E-state index contributed by atoms with van der Waals surface area (Å²) in [6.45, 7) is 2.36. The van der Waals surface area contributed by atoms with Gasteiger partial charge in [-0.15, -0.1) is 0 Å². The van der Waals surface area contributed by atoms with Crippen LogP contribution in [0.15, 0.2) is 18.2 Å². The molecular weight excluding hydrogens is 228 g/mol. The number of phenols is 1. The van der Waals surface area contributed by atoms with Crippen LogP contribution in [0.3, 0.4) is 0 Å². The second kappa shape index (κ2) is 5.72. The predicted molar refractivity (Wildman–Crippen MR) is 63.7 cm³/mol. The molecule has 0 bridgehead atoms. The van der Waals surface area contributed by atoms with Crippen LogP contribution >= 0.6 is 11.6 Å². The summed E-state index contributed by atoms with van der Waals surface area (Å²) in [7, 11) is 0. The summed E-state index contributed by atoms with van der Waals surface area (Å²) in [5, 5.41) is 12.2. The van der Waals surface area contributed by atoms with E-state index in [-0.39, 0.29) is 23.3 Å². The highest BCUT2D eigenvalue weighted by Crippen LogP contribution is 2.20. The molecule has 0 saturated carbocycles. The van der Waals surface area contributed by atoms with Crippen molar-refractivity contribution in [2.24, 2.45) is 5.73 Å². The minimum absolute atomic E-state index is 0.0155. The van der Waals surface area contributed by atoms with Gasteiger partial charge in [-0.1, -0.05) is 11.6 Å². The number of nitrogens with one attached hydrogen (secondary N) is 1. The first kappa shape index (κ1) is 12.8. The summed E-state index contributed by atoms with van der Waals surface area (Å²) in [4.78, 5) is 11.7. The van der Waals surface area contributed by atoms with Crippen molar-refractivity contribution in [2.45, 2.75) is 19.4 Å². The Hall–Kier alpha value is -1.26. The number of phenolic OH excluding ortho intramolecular Hbond substituents is 1. The Morgan fingerprint density at radius 2 is 2.31 bits per heavy atom. The SMILES string of the molecule is CC(N)CCNC(=O)c1cc(O)ccc1Cl. The number of hydrogen-bond donors (Lipinski definition) is 3. The zero-order chi connectivity index (χ0) is 12.1. The van der Waals surface area contributed by atoms with Gasteiger partial charge in [-0.3, -0.25) is 4.79 Å². The molecule has 16 heavy (non-hydrogen) atoms. The molecule has 1 rings (SSSR count). The van der Waals surface area contributed by atoms with E-state index in [1.54, 1.807) is 0 Å². The number of aromatic hydroxyl groups is 1. The fraction of sp³-hybridized carbons (Fsp3) is 0.364. The Morgan fingerprint density at radius 1 is 1.62 bits per heavy atom. The molecule has 88 valence electrons. The van der Waals surface area contributed by atoms with Gasteiger partial charge >= 0.3 is 0 Å². The summed E-state index contributed by atoms with van der Waals surface area (Å²) in [5.41, 5.74) is 5.82. The first-order valence-electron chi connectivity index (χ1n) is 5.03. The van der Waals surface area contributed by atoms with Crippen LogP contribution in [-0.2, 0) is 0 Å². The lowest BCUT2D eigenvalue weighted by atomic mass is 10.2. The fourth-order valence-electron chi connectivity index (χ4n) is 1.20. The Bertz CT molecular complexity index is 380. The number of hydrogen-bond acceptors (Lipinski definition) is 3. The molecule has 1 amide bonds. The lowest BCUT2D eigenvalue weighted by Gasteiger charge is -2.08. The van der Waals surface area contributed by atoms with E-state index in [2.05, 4.69) is 5.32 Å². The first-order valence-corrected chi connectivity index (χ1v) is 5.41. The number of halogens is 1. The number of carbonyl (C=O) groups excluding carboxylic acids is 1. The Kier molecular flexibility index (Phi) is 4.58. The van der Waals surface area contributed by atoms with Gasteiger partial charge in [0.25, 0.3) is 5.91 Å². The third-order valence-electron chi connectivity index (χ3n) is 2.08. The number of carbonyl (C=O) groups is 1. The number of rotatable bonds is 4. The van der Waals surface area contributed by atoms with Gasteiger partial charge < -0.3 is 16.2 Å². The lowest BCUT2D eigenvalue weighted by molar-refractivity contribution is 0.0952. The monoisotopic (exact) mass is 242 g/mol. The molecule has 1 unspecified atom stereocenters. The molecule has 4 nitrogen and oxygen atoms in total. The maximum atomic E-state index is 11.7. The summed E-state index contributed by atoms with van der Waals surface area (Å²) < 4.78 is 0. The van der Waals surface area contributed by atoms with Gasteiger partial charge in [0.15, 0.2) is 0 Å². The van der Waals surface area contributed by atoms with Gasteiger partial charge in [-0.25, -0.2) is 0 Å². The lowest BCUT2D eigenvalue weighted by Crippen LogP contribution is -2.29. The third kappa shape index (κ3) is 3.72. The molecule has 5 heteroatoms. The third-order valence-corrected chi connectivity index (χ3v) is 2.41. The minimum Gasteiger partial charge on any atom is -0.508 e. The zero-order valence-electron chi connectivity index (χ0n) is 9.03. The topological polar surface area (TPSA) is 75.3 Å². The normalized spacial score (nSPS) is 12.2. The molecule has 0 aromatic heterocycles. The van der Waals surface area contributed by atoms with Crippen molar-refractivity contribution in [3.8, 4) is 5.75 Å². The van der Waals surface area contributed by atoms with Crippen LogP contribution in [0.2, 0.25) is 5.02 Å². The maximum Gasteiger partial charge on any atom is 0.252 e. The largest absolute Gasteiger partial charge is 0.508 e. The second-order valence-corrected chi connectivity index (χ2v) is 4.09. The summed E-state index contributed by atoms with van der Waals surface area (Å²) in [6.07, 6.45) is 0.697. The molecule has 4 N–H and O–H groups in total. The summed E-state index contributed by atoms with van der Waals surface area (Å²) in [5.74, 6) is -0.289. The van der Waals surface area contributed by atoms with Gasteiger partial charge in [-0.2, -0.15) is 0 Å². The molecule has 0 aliphatic carbocycles. The van der Waals surface area contributed by atoms with Crippen LogP contribution < -0.4 is 11.1 Å². The van der Waals surface area contributed by atoms with E-state index in [0.29, 0.717) is 18.0 Å². The van der Waals surface area contributed by atoms with Gasteiger partial charge in [0, 0.05) is 12.6 Å². The van der Waals surface area contributed by atoms with E-state index in [9.17, 15) is 9.90 Å². The van der Waals surface area contributed by atoms with Gasteiger partial charge in [0.2, 0.25) is 0 Å². The van der Waals surface area contributed by atoms with Crippen LogP contribution in [0.4, 0.5) is 0 Å². The van der Waals surface area contributed by atoms with Crippen LogP contribution in [0, 0.1) is 0 Å². The van der Waals surface area contributed by atoms with E-state index >= 15 is 0 Å². The maximum absolute atomic E-state index is 11.7. The molecule has 1 atom stereocenters. The van der Waals surface area contributed by atoms with Crippen molar-refractivity contribution in [1.29, 1.82) is 0 Å². The van der Waals surface area contributed by atoms with Crippen LogP contribution in [0.25, 0.3) is 0 Å².